The minimum absolute atomic E-state index is 0.0128. The molecule has 1 aliphatic heterocycles. The van der Waals surface area contributed by atoms with Crippen LogP contribution in [0, 0.1) is 12.7 Å². The second kappa shape index (κ2) is 11.4. The highest BCUT2D eigenvalue weighted by atomic mass is 19.1. The molecule has 1 fully saturated rings. The molecule has 3 aromatic rings. The van der Waals surface area contributed by atoms with E-state index in [2.05, 4.69) is 15.3 Å². The highest BCUT2D eigenvalue weighted by molar-refractivity contribution is 5.96. The Morgan fingerprint density at radius 3 is 2.95 bits per heavy atom. The maximum atomic E-state index is 14.9. The molecule has 1 saturated carbocycles. The highest BCUT2D eigenvalue weighted by Crippen LogP contribution is 2.28. The number of hydrogen-bond acceptors (Lipinski definition) is 8. The van der Waals surface area contributed by atoms with Crippen LogP contribution < -0.4 is 10.1 Å². The number of aryl methyl sites for hydroxylation is 1. The van der Waals surface area contributed by atoms with Gasteiger partial charge in [-0.05, 0) is 62.8 Å². The first-order valence-corrected chi connectivity index (χ1v) is 12.9. The van der Waals surface area contributed by atoms with Gasteiger partial charge in [-0.3, -0.25) is 9.69 Å². The molecule has 0 bridgehead atoms. The first kappa shape index (κ1) is 25.4. The Morgan fingerprint density at radius 1 is 1.32 bits per heavy atom. The SMILES string of the molecule is Cc1ncoc1COc1cc(F)c2c(c1)CCN(C[C@@H](O)CCC(=O)c1ccnc(NC3CCC3)c1)C2. The molecule has 37 heavy (non-hydrogen) atoms. The van der Waals surface area contributed by atoms with Crippen molar-refractivity contribution in [3.63, 3.8) is 0 Å². The molecule has 0 amide bonds. The lowest BCUT2D eigenvalue weighted by molar-refractivity contribution is 0.0833. The normalized spacial score (nSPS) is 16.6. The van der Waals surface area contributed by atoms with Crippen molar-refractivity contribution in [2.45, 2.75) is 70.7 Å². The van der Waals surface area contributed by atoms with Crippen molar-refractivity contribution in [3.8, 4) is 5.75 Å². The number of fused-ring (bicyclic) bond motifs is 1. The Morgan fingerprint density at radius 2 is 2.19 bits per heavy atom. The molecule has 2 N–H and O–H groups in total. The number of Topliss-reactive ketones (excluding diaryl/α,β-unsaturated/α-hetero) is 1. The van der Waals surface area contributed by atoms with Crippen molar-refractivity contribution in [1.29, 1.82) is 0 Å². The van der Waals surface area contributed by atoms with Crippen LogP contribution in [0.25, 0.3) is 0 Å². The predicted octanol–water partition coefficient (Wildman–Crippen LogP) is 4.44. The summed E-state index contributed by atoms with van der Waals surface area (Å²) < 4.78 is 25.9. The van der Waals surface area contributed by atoms with E-state index in [1.54, 1.807) is 18.3 Å². The van der Waals surface area contributed by atoms with Gasteiger partial charge in [-0.15, -0.1) is 0 Å². The summed E-state index contributed by atoms with van der Waals surface area (Å²) in [5, 5.41) is 14.0. The number of rotatable bonds is 11. The van der Waals surface area contributed by atoms with Gasteiger partial charge in [-0.1, -0.05) is 0 Å². The number of nitrogens with one attached hydrogen (secondary N) is 1. The average Bonchev–Trinajstić information content (AvgIpc) is 3.28. The molecule has 0 unspecified atom stereocenters. The third-order valence-corrected chi connectivity index (χ3v) is 7.27. The van der Waals surface area contributed by atoms with Crippen molar-refractivity contribution in [2.75, 3.05) is 18.4 Å². The van der Waals surface area contributed by atoms with Crippen molar-refractivity contribution in [2.24, 2.45) is 0 Å². The zero-order valence-corrected chi connectivity index (χ0v) is 21.1. The second-order valence-electron chi connectivity index (χ2n) is 10.00. The minimum atomic E-state index is -0.671. The molecule has 3 heterocycles. The monoisotopic (exact) mass is 508 g/mol. The molecule has 9 heteroatoms. The van der Waals surface area contributed by atoms with Crippen LogP contribution in [0.3, 0.4) is 0 Å². The van der Waals surface area contributed by atoms with Gasteiger partial charge in [0, 0.05) is 55.5 Å². The van der Waals surface area contributed by atoms with Crippen LogP contribution in [0.5, 0.6) is 5.75 Å². The number of nitrogens with zero attached hydrogens (tertiary/aromatic N) is 3. The summed E-state index contributed by atoms with van der Waals surface area (Å²) in [5.41, 5.74) is 2.89. The molecular formula is C28H33FN4O4. The van der Waals surface area contributed by atoms with Gasteiger partial charge in [0.2, 0.25) is 0 Å². The van der Waals surface area contributed by atoms with Crippen LogP contribution in [0.1, 0.15) is 65.0 Å². The maximum Gasteiger partial charge on any atom is 0.181 e. The molecule has 2 aliphatic rings. The van der Waals surface area contributed by atoms with Gasteiger partial charge < -0.3 is 19.6 Å². The van der Waals surface area contributed by atoms with Crippen LogP contribution in [0.15, 0.2) is 41.3 Å². The molecule has 1 aromatic carbocycles. The van der Waals surface area contributed by atoms with E-state index in [0.717, 1.165) is 29.9 Å². The van der Waals surface area contributed by atoms with Crippen molar-refractivity contribution in [1.82, 2.24) is 14.9 Å². The van der Waals surface area contributed by atoms with Gasteiger partial charge >= 0.3 is 0 Å². The summed E-state index contributed by atoms with van der Waals surface area (Å²) in [6.45, 7) is 3.52. The molecule has 5 rings (SSSR count). The molecule has 196 valence electrons. The number of pyridine rings is 1. The Bertz CT molecular complexity index is 1240. The lowest BCUT2D eigenvalue weighted by atomic mass is 9.93. The fraction of sp³-hybridized carbons (Fsp3) is 0.464. The number of carbonyl (C=O) groups excluding carboxylic acids is 1. The van der Waals surface area contributed by atoms with Crippen LogP contribution in [-0.4, -0.2) is 51.0 Å². The number of aliphatic hydroxyl groups excluding tert-OH is 1. The minimum Gasteiger partial charge on any atom is -0.485 e. The average molecular weight is 509 g/mol. The van der Waals surface area contributed by atoms with E-state index in [0.29, 0.717) is 61.2 Å². The number of oxazole rings is 1. The highest BCUT2D eigenvalue weighted by Gasteiger charge is 2.23. The largest absolute Gasteiger partial charge is 0.485 e. The number of ketones is 1. The van der Waals surface area contributed by atoms with E-state index < -0.39 is 6.10 Å². The van der Waals surface area contributed by atoms with Gasteiger partial charge in [0.1, 0.15) is 24.0 Å². The fourth-order valence-electron chi connectivity index (χ4n) is 4.78. The summed E-state index contributed by atoms with van der Waals surface area (Å²) >= 11 is 0. The predicted molar refractivity (Wildman–Crippen MR) is 136 cm³/mol. The third kappa shape index (κ3) is 6.34. The van der Waals surface area contributed by atoms with Gasteiger partial charge in [-0.25, -0.2) is 14.4 Å². The molecule has 0 radical (unpaired) electrons. The Labute approximate surface area is 215 Å². The molecule has 0 spiro atoms. The van der Waals surface area contributed by atoms with E-state index in [4.69, 9.17) is 9.15 Å². The molecule has 0 saturated heterocycles. The summed E-state index contributed by atoms with van der Waals surface area (Å²) in [6.07, 6.45) is 7.10. The second-order valence-corrected chi connectivity index (χ2v) is 10.00. The lowest BCUT2D eigenvalue weighted by Crippen LogP contribution is -2.37. The number of hydrogen-bond donors (Lipinski definition) is 2. The van der Waals surface area contributed by atoms with Gasteiger partial charge in [-0.2, -0.15) is 0 Å². The zero-order chi connectivity index (χ0) is 25.8. The van der Waals surface area contributed by atoms with Crippen LogP contribution >= 0.6 is 0 Å². The number of aliphatic hydroxyl groups is 1. The third-order valence-electron chi connectivity index (χ3n) is 7.27. The molecule has 2 aromatic heterocycles. The fourth-order valence-corrected chi connectivity index (χ4v) is 4.78. The van der Waals surface area contributed by atoms with E-state index in [-0.39, 0.29) is 24.6 Å². The van der Waals surface area contributed by atoms with Gasteiger partial charge in [0.25, 0.3) is 0 Å². The summed E-state index contributed by atoms with van der Waals surface area (Å²) in [6, 6.07) is 7.23. The smallest absolute Gasteiger partial charge is 0.181 e. The first-order chi connectivity index (χ1) is 17.9. The van der Waals surface area contributed by atoms with Crippen molar-refractivity contribution < 1.29 is 23.4 Å². The Kier molecular flexibility index (Phi) is 7.81. The van der Waals surface area contributed by atoms with Crippen molar-refractivity contribution in [3.05, 3.63) is 70.8 Å². The van der Waals surface area contributed by atoms with Crippen molar-refractivity contribution >= 4 is 11.6 Å². The number of halogens is 1. The van der Waals surface area contributed by atoms with Crippen LogP contribution in [0.4, 0.5) is 10.2 Å². The topological polar surface area (TPSA) is 101 Å². The van der Waals surface area contributed by atoms with E-state index in [9.17, 15) is 14.3 Å². The van der Waals surface area contributed by atoms with Crippen LogP contribution in [-0.2, 0) is 19.6 Å². The van der Waals surface area contributed by atoms with Gasteiger partial charge in [0.15, 0.2) is 17.9 Å². The molecular weight excluding hydrogens is 475 g/mol. The molecule has 1 atom stereocenters. The molecule has 8 nitrogen and oxygen atoms in total. The summed E-state index contributed by atoms with van der Waals surface area (Å²) in [4.78, 5) is 23.1. The van der Waals surface area contributed by atoms with E-state index in [1.807, 2.05) is 17.9 Å². The number of anilines is 1. The maximum absolute atomic E-state index is 14.9. The number of benzene rings is 1. The first-order valence-electron chi connectivity index (χ1n) is 12.9. The van der Waals surface area contributed by atoms with Crippen LogP contribution in [0.2, 0.25) is 0 Å². The Hall–Kier alpha value is -3.30. The van der Waals surface area contributed by atoms with E-state index >= 15 is 0 Å². The number of ether oxygens (including phenoxy) is 1. The van der Waals surface area contributed by atoms with E-state index in [1.165, 1.54) is 18.9 Å². The zero-order valence-electron chi connectivity index (χ0n) is 21.1. The lowest BCUT2D eigenvalue weighted by Gasteiger charge is -2.31. The standard InChI is InChI=1S/C28H33FN4O4/c1-18-27(37-17-31-18)16-36-23-11-19-8-10-33(15-24(19)25(29)13-23)14-22(34)5-6-26(35)20-7-9-30-28(12-20)32-21-3-2-4-21/h7,9,11-13,17,21-22,34H,2-6,8,10,14-16H2,1H3,(H,30,32)/t22-/m0/s1. The summed E-state index contributed by atoms with van der Waals surface area (Å²) in [7, 11) is 0. The Balaban J connectivity index is 1.10. The number of aromatic nitrogens is 2. The summed E-state index contributed by atoms with van der Waals surface area (Å²) in [5.74, 6) is 1.47. The quantitative estimate of drug-likeness (QED) is 0.367. The molecule has 1 aliphatic carbocycles. The number of carbonyl (C=O) groups is 1. The van der Waals surface area contributed by atoms with Gasteiger partial charge in [0.05, 0.1) is 11.8 Å². The number of β-amino-alcohol motifs (C(OH)–C–C–N with tert-alkyl or cyclic N) is 1.